The molecule has 0 saturated carbocycles. The molecule has 2 aromatic rings. The highest BCUT2D eigenvalue weighted by molar-refractivity contribution is 6.05. The molecule has 0 unspecified atom stereocenters. The Hall–Kier alpha value is -3.02. The topological polar surface area (TPSA) is 64.7 Å². The van der Waals surface area contributed by atoms with Gasteiger partial charge in [0.25, 0.3) is 5.91 Å². The van der Waals surface area contributed by atoms with Crippen LogP contribution in [0.3, 0.4) is 0 Å². The Balaban J connectivity index is 1.71. The van der Waals surface area contributed by atoms with E-state index in [0.717, 1.165) is 35.7 Å². The fraction of sp³-hybridized carbons (Fsp3) is 0.333. The molecule has 2 N–H and O–H groups in total. The van der Waals surface area contributed by atoms with Crippen LogP contribution in [-0.4, -0.2) is 38.1 Å². The fourth-order valence-corrected chi connectivity index (χ4v) is 3.35. The van der Waals surface area contributed by atoms with E-state index in [0.29, 0.717) is 18.7 Å². The van der Waals surface area contributed by atoms with Crippen LogP contribution in [0.25, 0.3) is 0 Å². The second kappa shape index (κ2) is 8.12. The van der Waals surface area contributed by atoms with Crippen LogP contribution in [0.5, 0.6) is 0 Å². The van der Waals surface area contributed by atoms with Crippen LogP contribution in [-0.2, 0) is 0 Å². The number of rotatable bonds is 6. The third-order valence-electron chi connectivity index (χ3n) is 4.86. The number of amides is 3. The van der Waals surface area contributed by atoms with E-state index in [1.54, 1.807) is 11.0 Å². The molecule has 0 aromatic heterocycles. The van der Waals surface area contributed by atoms with Crippen molar-refractivity contribution in [2.24, 2.45) is 0 Å². The first kappa shape index (κ1) is 18.8. The van der Waals surface area contributed by atoms with Crippen molar-refractivity contribution in [1.82, 2.24) is 5.32 Å². The molecular weight excluding hydrogens is 340 g/mol. The predicted molar refractivity (Wildman–Crippen MR) is 110 cm³/mol. The van der Waals surface area contributed by atoms with Gasteiger partial charge in [0.2, 0.25) is 0 Å². The van der Waals surface area contributed by atoms with Crippen LogP contribution in [0.2, 0.25) is 0 Å². The zero-order chi connectivity index (χ0) is 19.4. The Morgan fingerprint density at radius 2 is 1.85 bits per heavy atom. The van der Waals surface area contributed by atoms with Crippen LogP contribution in [0.4, 0.5) is 21.9 Å². The normalized spacial score (nSPS) is 13.4. The molecule has 0 aliphatic carbocycles. The molecule has 1 fully saturated rings. The molecule has 1 aliphatic rings. The minimum absolute atomic E-state index is 0.0939. The maximum absolute atomic E-state index is 12.6. The molecule has 6 heteroatoms. The van der Waals surface area contributed by atoms with Crippen molar-refractivity contribution in [3.05, 3.63) is 53.6 Å². The van der Waals surface area contributed by atoms with Gasteiger partial charge in [-0.3, -0.25) is 9.69 Å². The number of hydrogen-bond donors (Lipinski definition) is 2. The van der Waals surface area contributed by atoms with E-state index in [9.17, 15) is 9.59 Å². The molecule has 0 radical (unpaired) electrons. The van der Waals surface area contributed by atoms with E-state index in [-0.39, 0.29) is 11.9 Å². The largest absolute Gasteiger partial charge is 0.372 e. The van der Waals surface area contributed by atoms with Gasteiger partial charge in [-0.15, -0.1) is 0 Å². The van der Waals surface area contributed by atoms with E-state index in [4.69, 9.17) is 0 Å². The summed E-state index contributed by atoms with van der Waals surface area (Å²) in [6, 6.07) is 13.2. The van der Waals surface area contributed by atoms with Gasteiger partial charge in [-0.2, -0.15) is 0 Å². The molecule has 1 aliphatic heterocycles. The molecule has 0 bridgehead atoms. The highest BCUT2D eigenvalue weighted by atomic mass is 16.2. The molecule has 6 nitrogen and oxygen atoms in total. The Morgan fingerprint density at radius 1 is 1.15 bits per heavy atom. The summed E-state index contributed by atoms with van der Waals surface area (Å²) in [4.78, 5) is 28.4. The van der Waals surface area contributed by atoms with E-state index in [2.05, 4.69) is 29.4 Å². The predicted octanol–water partition coefficient (Wildman–Crippen LogP) is 3.62. The first-order valence-corrected chi connectivity index (χ1v) is 9.35. The average Bonchev–Trinajstić information content (AvgIpc) is 3.09. The highest BCUT2D eigenvalue weighted by Gasteiger charge is 2.23. The summed E-state index contributed by atoms with van der Waals surface area (Å²) in [6.07, 6.45) is 0. The molecule has 3 rings (SSSR count). The minimum Gasteiger partial charge on any atom is -0.372 e. The second-order valence-electron chi connectivity index (χ2n) is 6.56. The number of anilines is 3. The van der Waals surface area contributed by atoms with Gasteiger partial charge in [0.1, 0.15) is 0 Å². The van der Waals surface area contributed by atoms with Crippen molar-refractivity contribution in [2.45, 2.75) is 20.8 Å². The lowest BCUT2D eigenvalue weighted by Gasteiger charge is -2.21. The molecule has 2 aromatic carbocycles. The Bertz CT molecular complexity index is 829. The van der Waals surface area contributed by atoms with Crippen molar-refractivity contribution in [2.75, 3.05) is 41.3 Å². The smallest absolute Gasteiger partial charge is 0.322 e. The van der Waals surface area contributed by atoms with Gasteiger partial charge < -0.3 is 15.5 Å². The molecule has 1 saturated heterocycles. The van der Waals surface area contributed by atoms with Crippen LogP contribution in [0.1, 0.15) is 29.8 Å². The fourth-order valence-electron chi connectivity index (χ4n) is 3.35. The summed E-state index contributed by atoms with van der Waals surface area (Å²) in [5, 5.41) is 5.73. The van der Waals surface area contributed by atoms with Gasteiger partial charge >= 0.3 is 6.03 Å². The molecule has 142 valence electrons. The maximum atomic E-state index is 12.6. The molecule has 0 atom stereocenters. The van der Waals surface area contributed by atoms with Crippen molar-refractivity contribution in [1.29, 1.82) is 0 Å². The lowest BCUT2D eigenvalue weighted by Crippen LogP contribution is -2.28. The Kier molecular flexibility index (Phi) is 5.64. The molecule has 0 spiro atoms. The summed E-state index contributed by atoms with van der Waals surface area (Å²) in [7, 11) is 0. The number of nitrogens with one attached hydrogen (secondary N) is 2. The standard InChI is InChI=1S/C21H26N4O2/c1-4-24(5-2)18-9-7-17(8-10-18)23-20(26)16-6-11-19(15(3)14-16)25-13-12-22-21(25)27/h6-11,14H,4-5,12-13H2,1-3H3,(H,22,27)(H,23,26). The van der Waals surface area contributed by atoms with Crippen LogP contribution in [0.15, 0.2) is 42.5 Å². The highest BCUT2D eigenvalue weighted by Crippen LogP contribution is 2.24. The van der Waals surface area contributed by atoms with Crippen molar-refractivity contribution >= 4 is 29.0 Å². The number of hydrogen-bond acceptors (Lipinski definition) is 3. The van der Waals surface area contributed by atoms with Crippen LogP contribution >= 0.6 is 0 Å². The van der Waals surface area contributed by atoms with Crippen molar-refractivity contribution in [3.8, 4) is 0 Å². The Morgan fingerprint density at radius 3 is 2.41 bits per heavy atom. The first-order chi connectivity index (χ1) is 13.0. The lowest BCUT2D eigenvalue weighted by atomic mass is 10.1. The first-order valence-electron chi connectivity index (χ1n) is 9.35. The number of carbonyl (C=O) groups excluding carboxylic acids is 2. The van der Waals surface area contributed by atoms with Gasteiger partial charge in [0.05, 0.1) is 0 Å². The minimum atomic E-state index is -0.161. The van der Waals surface area contributed by atoms with Crippen LogP contribution < -0.4 is 20.4 Å². The van der Waals surface area contributed by atoms with E-state index < -0.39 is 0 Å². The van der Waals surface area contributed by atoms with Gasteiger partial charge in [0.15, 0.2) is 0 Å². The van der Waals surface area contributed by atoms with Gasteiger partial charge in [-0.05, 0) is 68.8 Å². The summed E-state index contributed by atoms with van der Waals surface area (Å²) in [6.45, 7) is 9.34. The summed E-state index contributed by atoms with van der Waals surface area (Å²) in [5.41, 5.74) is 4.21. The van der Waals surface area contributed by atoms with E-state index in [1.807, 2.05) is 43.3 Å². The van der Waals surface area contributed by atoms with E-state index in [1.165, 1.54) is 0 Å². The van der Waals surface area contributed by atoms with Gasteiger partial charge in [-0.1, -0.05) is 0 Å². The van der Waals surface area contributed by atoms with Crippen molar-refractivity contribution in [3.63, 3.8) is 0 Å². The molecule has 1 heterocycles. The van der Waals surface area contributed by atoms with Gasteiger partial charge in [-0.25, -0.2) is 4.79 Å². The zero-order valence-corrected chi connectivity index (χ0v) is 16.1. The Labute approximate surface area is 160 Å². The lowest BCUT2D eigenvalue weighted by molar-refractivity contribution is 0.102. The third kappa shape index (κ3) is 4.05. The van der Waals surface area contributed by atoms with Gasteiger partial charge in [0, 0.05) is 48.8 Å². The third-order valence-corrected chi connectivity index (χ3v) is 4.86. The van der Waals surface area contributed by atoms with Crippen molar-refractivity contribution < 1.29 is 9.59 Å². The second-order valence-corrected chi connectivity index (χ2v) is 6.56. The summed E-state index contributed by atoms with van der Waals surface area (Å²) in [5.74, 6) is -0.161. The van der Waals surface area contributed by atoms with E-state index >= 15 is 0 Å². The molecule has 27 heavy (non-hydrogen) atoms. The SMILES string of the molecule is CCN(CC)c1ccc(NC(=O)c2ccc(N3CCNC3=O)c(C)c2)cc1. The number of carbonyl (C=O) groups is 2. The number of urea groups is 1. The number of nitrogens with zero attached hydrogens (tertiary/aromatic N) is 2. The quantitative estimate of drug-likeness (QED) is 0.821. The average molecular weight is 366 g/mol. The maximum Gasteiger partial charge on any atom is 0.322 e. The number of benzene rings is 2. The molecule has 3 amide bonds. The number of aryl methyl sites for hydroxylation is 1. The monoisotopic (exact) mass is 366 g/mol. The summed E-state index contributed by atoms with van der Waals surface area (Å²) < 4.78 is 0. The van der Waals surface area contributed by atoms with Crippen LogP contribution in [0, 0.1) is 6.92 Å². The summed E-state index contributed by atoms with van der Waals surface area (Å²) >= 11 is 0. The zero-order valence-electron chi connectivity index (χ0n) is 16.1. The molecular formula is C21H26N4O2.